The molecule has 0 aromatic carbocycles. The van der Waals surface area contributed by atoms with E-state index in [1.165, 1.54) is 5.56 Å². The van der Waals surface area contributed by atoms with Crippen molar-refractivity contribution in [1.29, 1.82) is 0 Å². The van der Waals surface area contributed by atoms with Gasteiger partial charge in [-0.3, -0.25) is 4.40 Å². The van der Waals surface area contributed by atoms with Crippen LogP contribution >= 0.6 is 0 Å². The molecule has 0 aliphatic heterocycles. The molecule has 2 aromatic rings. The number of aromatic nitrogens is 3. The molecule has 0 saturated carbocycles. The Kier molecular flexibility index (Phi) is 2.21. The number of rotatable bonds is 2. The lowest BCUT2D eigenvalue weighted by molar-refractivity contribution is 0.772. The number of aryl methyl sites for hydroxylation is 1. The van der Waals surface area contributed by atoms with Gasteiger partial charge in [-0.1, -0.05) is 6.92 Å². The van der Waals surface area contributed by atoms with Crippen LogP contribution < -0.4 is 5.73 Å². The minimum absolute atomic E-state index is 0.372. The Labute approximate surface area is 82.8 Å². The Bertz CT molecular complexity index is 446. The van der Waals surface area contributed by atoms with Crippen LogP contribution in [-0.4, -0.2) is 21.1 Å². The lowest BCUT2D eigenvalue weighted by Gasteiger charge is -2.08. The van der Waals surface area contributed by atoms with E-state index in [0.717, 1.165) is 11.5 Å². The summed E-state index contributed by atoms with van der Waals surface area (Å²) in [5.74, 6) is 1.28. The van der Waals surface area contributed by atoms with Gasteiger partial charge in [0.1, 0.15) is 5.82 Å². The summed E-state index contributed by atoms with van der Waals surface area (Å²) in [6.07, 6.45) is 1.99. The van der Waals surface area contributed by atoms with E-state index in [0.29, 0.717) is 12.5 Å². The third kappa shape index (κ3) is 1.37. The van der Waals surface area contributed by atoms with E-state index < -0.39 is 0 Å². The van der Waals surface area contributed by atoms with Gasteiger partial charge < -0.3 is 5.73 Å². The molecule has 0 aliphatic rings. The number of fused-ring (bicyclic) bond motifs is 1. The predicted octanol–water partition coefficient (Wildman–Crippen LogP) is 1.10. The molecule has 74 valence electrons. The molecule has 0 saturated heterocycles. The van der Waals surface area contributed by atoms with E-state index in [-0.39, 0.29) is 0 Å². The maximum Gasteiger partial charge on any atom is 0.161 e. The number of pyridine rings is 1. The summed E-state index contributed by atoms with van der Waals surface area (Å²) < 4.78 is 1.97. The van der Waals surface area contributed by atoms with Gasteiger partial charge in [-0.15, -0.1) is 10.2 Å². The molecule has 4 heteroatoms. The first kappa shape index (κ1) is 9.15. The highest BCUT2D eigenvalue weighted by Gasteiger charge is 2.06. The molecule has 0 aliphatic carbocycles. The van der Waals surface area contributed by atoms with Gasteiger partial charge in [0, 0.05) is 6.20 Å². The Hall–Kier alpha value is -1.42. The van der Waals surface area contributed by atoms with Crippen molar-refractivity contribution in [1.82, 2.24) is 14.6 Å². The first-order valence-electron chi connectivity index (χ1n) is 4.73. The number of nitrogens with two attached hydrogens (primary N) is 1. The highest BCUT2D eigenvalue weighted by molar-refractivity contribution is 5.42. The first-order chi connectivity index (χ1) is 6.72. The molecule has 2 heterocycles. The summed E-state index contributed by atoms with van der Waals surface area (Å²) in [6.45, 7) is 4.70. The SMILES string of the molecule is Cc1nnc2cc(C(C)CN)ccn12. The van der Waals surface area contributed by atoms with E-state index in [2.05, 4.69) is 23.2 Å². The van der Waals surface area contributed by atoms with E-state index in [4.69, 9.17) is 5.73 Å². The van der Waals surface area contributed by atoms with Gasteiger partial charge in [0.05, 0.1) is 0 Å². The summed E-state index contributed by atoms with van der Waals surface area (Å²) in [4.78, 5) is 0. The maximum atomic E-state index is 5.61. The molecule has 2 N–H and O–H groups in total. The second-order valence-electron chi connectivity index (χ2n) is 3.57. The number of hydrogen-bond donors (Lipinski definition) is 1. The zero-order valence-corrected chi connectivity index (χ0v) is 8.44. The second kappa shape index (κ2) is 3.38. The maximum absolute atomic E-state index is 5.61. The monoisotopic (exact) mass is 190 g/mol. The van der Waals surface area contributed by atoms with Crippen molar-refractivity contribution in [2.45, 2.75) is 19.8 Å². The van der Waals surface area contributed by atoms with Crippen molar-refractivity contribution < 1.29 is 0 Å². The van der Waals surface area contributed by atoms with Crippen molar-refractivity contribution in [3.8, 4) is 0 Å². The van der Waals surface area contributed by atoms with E-state index >= 15 is 0 Å². The summed E-state index contributed by atoms with van der Waals surface area (Å²) in [5.41, 5.74) is 7.71. The molecule has 1 unspecified atom stereocenters. The van der Waals surface area contributed by atoms with Crippen LogP contribution in [0.3, 0.4) is 0 Å². The van der Waals surface area contributed by atoms with E-state index in [9.17, 15) is 0 Å². The fourth-order valence-electron chi connectivity index (χ4n) is 1.47. The van der Waals surface area contributed by atoms with Gasteiger partial charge in [0.2, 0.25) is 0 Å². The first-order valence-corrected chi connectivity index (χ1v) is 4.73. The van der Waals surface area contributed by atoms with Crippen LogP contribution in [0, 0.1) is 6.92 Å². The van der Waals surface area contributed by atoms with Crippen LogP contribution in [0.5, 0.6) is 0 Å². The number of nitrogens with zero attached hydrogens (tertiary/aromatic N) is 3. The van der Waals surface area contributed by atoms with Gasteiger partial charge >= 0.3 is 0 Å². The molecule has 0 spiro atoms. The zero-order chi connectivity index (χ0) is 10.1. The zero-order valence-electron chi connectivity index (χ0n) is 8.44. The molecular weight excluding hydrogens is 176 g/mol. The molecule has 0 radical (unpaired) electrons. The quantitative estimate of drug-likeness (QED) is 0.771. The van der Waals surface area contributed by atoms with Crippen molar-refractivity contribution in [2.24, 2.45) is 5.73 Å². The van der Waals surface area contributed by atoms with E-state index in [1.54, 1.807) is 0 Å². The Morgan fingerprint density at radius 2 is 2.29 bits per heavy atom. The second-order valence-corrected chi connectivity index (χ2v) is 3.57. The summed E-state index contributed by atoms with van der Waals surface area (Å²) >= 11 is 0. The van der Waals surface area contributed by atoms with E-state index in [1.807, 2.05) is 23.6 Å². The molecule has 0 amide bonds. The minimum Gasteiger partial charge on any atom is -0.330 e. The molecule has 2 aromatic heterocycles. The van der Waals surface area contributed by atoms with Crippen molar-refractivity contribution in [3.05, 3.63) is 29.7 Å². The van der Waals surface area contributed by atoms with Crippen molar-refractivity contribution in [3.63, 3.8) is 0 Å². The summed E-state index contributed by atoms with van der Waals surface area (Å²) in [7, 11) is 0. The molecule has 14 heavy (non-hydrogen) atoms. The average molecular weight is 190 g/mol. The Morgan fingerprint density at radius 3 is 3.00 bits per heavy atom. The van der Waals surface area contributed by atoms with Gasteiger partial charge in [-0.05, 0) is 37.1 Å². The molecular formula is C10H14N4. The van der Waals surface area contributed by atoms with Crippen LogP contribution in [-0.2, 0) is 0 Å². The summed E-state index contributed by atoms with van der Waals surface area (Å²) in [6, 6.07) is 4.11. The van der Waals surface area contributed by atoms with Crippen LogP contribution in [0.15, 0.2) is 18.3 Å². The number of hydrogen-bond acceptors (Lipinski definition) is 3. The Morgan fingerprint density at radius 1 is 1.50 bits per heavy atom. The fraction of sp³-hybridized carbons (Fsp3) is 0.400. The van der Waals surface area contributed by atoms with Crippen LogP contribution in [0.4, 0.5) is 0 Å². The van der Waals surface area contributed by atoms with Gasteiger partial charge in [0.25, 0.3) is 0 Å². The van der Waals surface area contributed by atoms with Gasteiger partial charge in [0.15, 0.2) is 5.65 Å². The summed E-state index contributed by atoms with van der Waals surface area (Å²) in [5, 5.41) is 8.07. The molecule has 1 atom stereocenters. The normalized spacial score (nSPS) is 13.4. The van der Waals surface area contributed by atoms with Crippen molar-refractivity contribution in [2.75, 3.05) is 6.54 Å². The molecule has 2 rings (SSSR count). The fourth-order valence-corrected chi connectivity index (χ4v) is 1.47. The van der Waals surface area contributed by atoms with Gasteiger partial charge in [-0.2, -0.15) is 0 Å². The van der Waals surface area contributed by atoms with Crippen LogP contribution in [0.1, 0.15) is 24.2 Å². The largest absolute Gasteiger partial charge is 0.330 e. The highest BCUT2D eigenvalue weighted by atomic mass is 15.2. The average Bonchev–Trinajstić information content (AvgIpc) is 2.59. The predicted molar refractivity (Wildman–Crippen MR) is 55.2 cm³/mol. The minimum atomic E-state index is 0.372. The third-order valence-corrected chi connectivity index (χ3v) is 2.53. The Balaban J connectivity index is 2.52. The standard InChI is InChI=1S/C10H14N4/c1-7(6-11)9-3-4-14-8(2)12-13-10(14)5-9/h3-5,7H,6,11H2,1-2H3. The lowest BCUT2D eigenvalue weighted by Crippen LogP contribution is -2.09. The lowest BCUT2D eigenvalue weighted by atomic mass is 10.0. The smallest absolute Gasteiger partial charge is 0.161 e. The van der Waals surface area contributed by atoms with Crippen LogP contribution in [0.25, 0.3) is 5.65 Å². The van der Waals surface area contributed by atoms with Crippen molar-refractivity contribution >= 4 is 5.65 Å². The highest BCUT2D eigenvalue weighted by Crippen LogP contribution is 2.15. The third-order valence-electron chi connectivity index (χ3n) is 2.53. The van der Waals surface area contributed by atoms with Crippen LogP contribution in [0.2, 0.25) is 0 Å². The molecule has 0 fully saturated rings. The molecule has 4 nitrogen and oxygen atoms in total. The molecule has 0 bridgehead atoms. The topological polar surface area (TPSA) is 56.2 Å². The van der Waals surface area contributed by atoms with Gasteiger partial charge in [-0.25, -0.2) is 0 Å².